The van der Waals surface area contributed by atoms with Crippen molar-refractivity contribution in [2.24, 2.45) is 0 Å². The Balaban J connectivity index is 1.85. The Bertz CT molecular complexity index is 936. The van der Waals surface area contributed by atoms with Crippen molar-refractivity contribution in [2.45, 2.75) is 45.9 Å². The van der Waals surface area contributed by atoms with Crippen molar-refractivity contribution in [1.82, 2.24) is 0 Å². The molecule has 0 saturated heterocycles. The fraction of sp³-hybridized carbons (Fsp3) is 0.318. The summed E-state index contributed by atoms with van der Waals surface area (Å²) in [7, 11) is 0. The number of carbonyl (C=O) groups is 3. The van der Waals surface area contributed by atoms with Crippen LogP contribution in [0.1, 0.15) is 46.8 Å². The number of aryl methyl sites for hydroxylation is 2. The number of carbonyl (C=O) groups excluding carboxylic acids is 3. The maximum Gasteiger partial charge on any atom is 0.416 e. The third kappa shape index (κ3) is 6.43. The van der Waals surface area contributed by atoms with E-state index >= 15 is 0 Å². The molecule has 30 heavy (non-hydrogen) atoms. The number of hydrogen-bond acceptors (Lipinski definition) is 4. The lowest BCUT2D eigenvalue weighted by molar-refractivity contribution is -0.153. The molecular formula is C22H22F3NO4. The molecular weight excluding hydrogens is 399 g/mol. The van der Waals surface area contributed by atoms with E-state index in [0.717, 1.165) is 35.4 Å². The van der Waals surface area contributed by atoms with Crippen LogP contribution in [0.25, 0.3) is 0 Å². The summed E-state index contributed by atoms with van der Waals surface area (Å²) >= 11 is 0. The van der Waals surface area contributed by atoms with E-state index in [1.54, 1.807) is 13.0 Å². The van der Waals surface area contributed by atoms with Gasteiger partial charge in [-0.25, -0.2) is 0 Å². The second-order valence-electron chi connectivity index (χ2n) is 6.94. The van der Waals surface area contributed by atoms with Gasteiger partial charge in [-0.2, -0.15) is 13.2 Å². The average molecular weight is 421 g/mol. The summed E-state index contributed by atoms with van der Waals surface area (Å²) in [6.07, 6.45) is -5.89. The molecule has 0 bridgehead atoms. The van der Waals surface area contributed by atoms with Gasteiger partial charge in [-0.1, -0.05) is 17.7 Å². The van der Waals surface area contributed by atoms with Crippen LogP contribution in [0, 0.1) is 13.8 Å². The van der Waals surface area contributed by atoms with E-state index in [9.17, 15) is 27.6 Å². The standard InChI is InChI=1S/C22H22F3NO4/c1-13-4-5-14(2)18(12-13)19(27)10-11-20(28)30-15(3)21(29)26-17-8-6-16(7-9-17)22(23,24)25/h4-9,12,15H,10-11H2,1-3H3,(H,26,29)/t15-/m1/s1. The van der Waals surface area contributed by atoms with Crippen molar-refractivity contribution in [3.63, 3.8) is 0 Å². The quantitative estimate of drug-likeness (QED) is 0.512. The molecule has 0 aromatic heterocycles. The fourth-order valence-electron chi connectivity index (χ4n) is 2.68. The molecule has 0 aliphatic heterocycles. The number of ketones is 1. The van der Waals surface area contributed by atoms with E-state index in [1.165, 1.54) is 6.92 Å². The molecule has 1 N–H and O–H groups in total. The van der Waals surface area contributed by atoms with Gasteiger partial charge in [0.15, 0.2) is 11.9 Å². The summed E-state index contributed by atoms with van der Waals surface area (Å²) in [6.45, 7) is 5.00. The number of halogens is 3. The van der Waals surface area contributed by atoms with E-state index in [4.69, 9.17) is 4.74 Å². The molecule has 2 aromatic carbocycles. The maximum absolute atomic E-state index is 12.6. The van der Waals surface area contributed by atoms with Gasteiger partial charge in [0, 0.05) is 17.7 Å². The molecule has 2 aromatic rings. The molecule has 160 valence electrons. The molecule has 1 atom stereocenters. The summed E-state index contributed by atoms with van der Waals surface area (Å²) < 4.78 is 42.7. The Morgan fingerprint density at radius 2 is 1.63 bits per heavy atom. The highest BCUT2D eigenvalue weighted by molar-refractivity contribution is 5.99. The van der Waals surface area contributed by atoms with Gasteiger partial charge in [0.05, 0.1) is 12.0 Å². The van der Waals surface area contributed by atoms with Gasteiger partial charge in [0.1, 0.15) is 0 Å². The van der Waals surface area contributed by atoms with Crippen molar-refractivity contribution in [3.05, 3.63) is 64.7 Å². The smallest absolute Gasteiger partial charge is 0.416 e. The molecule has 0 aliphatic rings. The van der Waals surface area contributed by atoms with Crippen molar-refractivity contribution in [2.75, 3.05) is 5.32 Å². The highest BCUT2D eigenvalue weighted by atomic mass is 19.4. The Labute approximate surface area is 172 Å². The number of Topliss-reactive ketones (excluding diaryl/α,β-unsaturated/α-hetero) is 1. The highest BCUT2D eigenvalue weighted by Gasteiger charge is 2.30. The van der Waals surface area contributed by atoms with Crippen LogP contribution in [-0.2, 0) is 20.5 Å². The third-order valence-corrected chi connectivity index (χ3v) is 4.41. The Morgan fingerprint density at radius 3 is 2.23 bits per heavy atom. The molecule has 0 spiro atoms. The molecule has 0 unspecified atom stereocenters. The van der Waals surface area contributed by atoms with Crippen LogP contribution in [-0.4, -0.2) is 23.8 Å². The van der Waals surface area contributed by atoms with Gasteiger partial charge >= 0.3 is 12.1 Å². The van der Waals surface area contributed by atoms with Crippen LogP contribution < -0.4 is 5.32 Å². The zero-order valence-corrected chi connectivity index (χ0v) is 16.8. The highest BCUT2D eigenvalue weighted by Crippen LogP contribution is 2.29. The van der Waals surface area contributed by atoms with E-state index in [1.807, 2.05) is 19.1 Å². The summed E-state index contributed by atoms with van der Waals surface area (Å²) in [5, 5.41) is 2.38. The first-order valence-corrected chi connectivity index (χ1v) is 9.25. The number of esters is 1. The van der Waals surface area contributed by atoms with Crippen LogP contribution in [0.3, 0.4) is 0 Å². The van der Waals surface area contributed by atoms with E-state index in [-0.39, 0.29) is 24.3 Å². The third-order valence-electron chi connectivity index (χ3n) is 4.41. The van der Waals surface area contributed by atoms with Crippen LogP contribution in [0.4, 0.5) is 18.9 Å². The molecule has 0 radical (unpaired) electrons. The molecule has 0 aliphatic carbocycles. The number of hydrogen-bond donors (Lipinski definition) is 1. The Kier molecular flexibility index (Phi) is 7.37. The SMILES string of the molecule is Cc1ccc(C)c(C(=O)CCC(=O)O[C@H](C)C(=O)Nc2ccc(C(F)(F)F)cc2)c1. The Hall–Kier alpha value is -3.16. The van der Waals surface area contributed by atoms with Gasteiger partial charge in [-0.05, 0) is 56.7 Å². The van der Waals surface area contributed by atoms with Gasteiger partial charge < -0.3 is 10.1 Å². The minimum atomic E-state index is -4.47. The molecule has 0 saturated carbocycles. The van der Waals surface area contributed by atoms with Crippen molar-refractivity contribution in [1.29, 1.82) is 0 Å². The van der Waals surface area contributed by atoms with Crippen LogP contribution in [0.5, 0.6) is 0 Å². The van der Waals surface area contributed by atoms with Crippen LogP contribution in [0.15, 0.2) is 42.5 Å². The zero-order valence-electron chi connectivity index (χ0n) is 16.8. The lowest BCUT2D eigenvalue weighted by atomic mass is 9.99. The molecule has 8 heteroatoms. The second kappa shape index (κ2) is 9.56. The largest absolute Gasteiger partial charge is 0.453 e. The Morgan fingerprint density at radius 1 is 1.00 bits per heavy atom. The first-order valence-electron chi connectivity index (χ1n) is 9.25. The van der Waals surface area contributed by atoms with Gasteiger partial charge in [-0.3, -0.25) is 14.4 Å². The topological polar surface area (TPSA) is 72.5 Å². The minimum absolute atomic E-state index is 0.0592. The van der Waals surface area contributed by atoms with E-state index < -0.39 is 29.7 Å². The van der Waals surface area contributed by atoms with Gasteiger partial charge in [-0.15, -0.1) is 0 Å². The fourth-order valence-corrected chi connectivity index (χ4v) is 2.68. The van der Waals surface area contributed by atoms with Gasteiger partial charge in [0.2, 0.25) is 0 Å². The lowest BCUT2D eigenvalue weighted by Crippen LogP contribution is -2.30. The zero-order chi connectivity index (χ0) is 22.5. The minimum Gasteiger partial charge on any atom is -0.453 e. The molecule has 5 nitrogen and oxygen atoms in total. The van der Waals surface area contributed by atoms with E-state index in [2.05, 4.69) is 5.32 Å². The first-order chi connectivity index (χ1) is 14.0. The second-order valence-corrected chi connectivity index (χ2v) is 6.94. The van der Waals surface area contributed by atoms with Crippen LogP contribution in [0.2, 0.25) is 0 Å². The number of rotatable bonds is 7. The van der Waals surface area contributed by atoms with Crippen molar-refractivity contribution >= 4 is 23.3 Å². The number of nitrogens with one attached hydrogen (secondary N) is 1. The molecule has 1 amide bonds. The monoisotopic (exact) mass is 421 g/mol. The van der Waals surface area contributed by atoms with Gasteiger partial charge in [0.25, 0.3) is 5.91 Å². The summed E-state index contributed by atoms with van der Waals surface area (Å²) in [6, 6.07) is 9.36. The predicted molar refractivity (Wildman–Crippen MR) is 105 cm³/mol. The number of ether oxygens (including phenoxy) is 1. The summed E-state index contributed by atoms with van der Waals surface area (Å²) in [5.41, 5.74) is 1.58. The normalized spacial score (nSPS) is 12.2. The number of amides is 1. The molecule has 0 fully saturated rings. The van der Waals surface area contributed by atoms with E-state index in [0.29, 0.717) is 5.56 Å². The van der Waals surface area contributed by atoms with Crippen molar-refractivity contribution in [3.8, 4) is 0 Å². The number of alkyl halides is 3. The summed E-state index contributed by atoms with van der Waals surface area (Å²) in [5.74, 6) is -1.61. The number of anilines is 1. The van der Waals surface area contributed by atoms with Crippen LogP contribution >= 0.6 is 0 Å². The predicted octanol–water partition coefficient (Wildman–Crippen LogP) is 4.86. The average Bonchev–Trinajstić information content (AvgIpc) is 2.67. The van der Waals surface area contributed by atoms with Crippen molar-refractivity contribution < 1.29 is 32.3 Å². The first kappa shape index (κ1) is 23.1. The summed E-state index contributed by atoms with van der Waals surface area (Å²) in [4.78, 5) is 36.4. The molecule has 0 heterocycles. The number of benzene rings is 2. The molecule has 2 rings (SSSR count). The maximum atomic E-state index is 12.6. The lowest BCUT2D eigenvalue weighted by Gasteiger charge is -2.14.